The molecule has 0 spiro atoms. The van der Waals surface area contributed by atoms with Crippen LogP contribution < -0.4 is 10.6 Å². The molecule has 15 heavy (non-hydrogen) atoms. The minimum absolute atomic E-state index is 0.0111. The van der Waals surface area contributed by atoms with Crippen molar-refractivity contribution >= 4 is 5.91 Å². The molecule has 0 radical (unpaired) electrons. The Kier molecular flexibility index (Phi) is 5.39. The topological polar surface area (TPSA) is 80.0 Å². The standard InChI is InChI=1S/C9H16N4O2/c1-2-4-10-6-8(14)11-5-3-9-12-7-13-15-9/h7,10H,2-6H2,1H3,(H,11,14). The molecule has 0 aliphatic rings. The largest absolute Gasteiger partial charge is 0.354 e. The first-order valence-corrected chi connectivity index (χ1v) is 5.06. The van der Waals surface area contributed by atoms with Gasteiger partial charge in [-0.05, 0) is 13.0 Å². The number of rotatable bonds is 7. The zero-order valence-corrected chi connectivity index (χ0v) is 8.82. The normalized spacial score (nSPS) is 10.2. The fourth-order valence-corrected chi connectivity index (χ4v) is 1.06. The van der Waals surface area contributed by atoms with Crippen LogP contribution in [0.15, 0.2) is 10.9 Å². The Bertz CT molecular complexity index is 274. The van der Waals surface area contributed by atoms with Crippen LogP contribution in [-0.4, -0.2) is 35.7 Å². The van der Waals surface area contributed by atoms with E-state index in [-0.39, 0.29) is 5.91 Å². The van der Waals surface area contributed by atoms with Crippen LogP contribution in [0.3, 0.4) is 0 Å². The second-order valence-electron chi connectivity index (χ2n) is 3.11. The number of hydrogen-bond donors (Lipinski definition) is 2. The van der Waals surface area contributed by atoms with Crippen LogP contribution >= 0.6 is 0 Å². The molecule has 1 aromatic rings. The van der Waals surface area contributed by atoms with Crippen LogP contribution in [0.25, 0.3) is 0 Å². The highest BCUT2D eigenvalue weighted by Gasteiger charge is 2.01. The third-order valence-electron chi connectivity index (χ3n) is 1.78. The molecule has 0 saturated carbocycles. The van der Waals surface area contributed by atoms with Crippen LogP contribution in [0, 0.1) is 0 Å². The fraction of sp³-hybridized carbons (Fsp3) is 0.667. The predicted molar refractivity (Wildman–Crippen MR) is 54.2 cm³/mol. The number of aromatic nitrogens is 2. The van der Waals surface area contributed by atoms with E-state index in [1.54, 1.807) is 0 Å². The summed E-state index contributed by atoms with van der Waals surface area (Å²) in [7, 11) is 0. The zero-order valence-electron chi connectivity index (χ0n) is 8.82. The van der Waals surface area contributed by atoms with Crippen molar-refractivity contribution in [2.24, 2.45) is 0 Å². The zero-order chi connectivity index (χ0) is 10.9. The minimum Gasteiger partial charge on any atom is -0.354 e. The molecule has 0 atom stereocenters. The maximum absolute atomic E-state index is 11.2. The van der Waals surface area contributed by atoms with Crippen molar-refractivity contribution in [3.05, 3.63) is 12.2 Å². The van der Waals surface area contributed by atoms with Crippen molar-refractivity contribution < 1.29 is 9.32 Å². The lowest BCUT2D eigenvalue weighted by molar-refractivity contribution is -0.120. The number of carbonyl (C=O) groups excluding carboxylic acids is 1. The lowest BCUT2D eigenvalue weighted by Crippen LogP contribution is -2.35. The van der Waals surface area contributed by atoms with Gasteiger partial charge in [-0.15, -0.1) is 0 Å². The van der Waals surface area contributed by atoms with Gasteiger partial charge in [0.05, 0.1) is 6.54 Å². The summed E-state index contributed by atoms with van der Waals surface area (Å²) in [6.07, 6.45) is 2.94. The van der Waals surface area contributed by atoms with E-state index in [1.165, 1.54) is 6.33 Å². The highest BCUT2D eigenvalue weighted by Crippen LogP contribution is 1.89. The number of nitrogens with zero attached hydrogens (tertiary/aromatic N) is 2. The third kappa shape index (κ3) is 5.11. The van der Waals surface area contributed by atoms with Gasteiger partial charge in [0, 0.05) is 13.0 Å². The first kappa shape index (κ1) is 11.6. The van der Waals surface area contributed by atoms with Crippen molar-refractivity contribution in [3.63, 3.8) is 0 Å². The Morgan fingerprint density at radius 2 is 2.40 bits per heavy atom. The van der Waals surface area contributed by atoms with Crippen molar-refractivity contribution in [2.75, 3.05) is 19.6 Å². The molecule has 0 aliphatic heterocycles. The average Bonchev–Trinajstić information content (AvgIpc) is 2.71. The van der Waals surface area contributed by atoms with E-state index in [0.717, 1.165) is 13.0 Å². The van der Waals surface area contributed by atoms with E-state index in [4.69, 9.17) is 4.52 Å². The van der Waals surface area contributed by atoms with Gasteiger partial charge in [0.15, 0.2) is 6.33 Å². The minimum atomic E-state index is -0.0111. The Balaban J connectivity index is 2.02. The Hall–Kier alpha value is -1.43. The van der Waals surface area contributed by atoms with Gasteiger partial charge in [-0.3, -0.25) is 4.79 Å². The average molecular weight is 212 g/mol. The summed E-state index contributed by atoms with van der Waals surface area (Å²) < 4.78 is 4.79. The molecule has 6 heteroatoms. The summed E-state index contributed by atoms with van der Waals surface area (Å²) in [5, 5.41) is 9.24. The molecular formula is C9H16N4O2. The number of carbonyl (C=O) groups is 1. The molecule has 1 aromatic heterocycles. The van der Waals surface area contributed by atoms with Crippen LogP contribution in [0.4, 0.5) is 0 Å². The summed E-state index contributed by atoms with van der Waals surface area (Å²) in [5.41, 5.74) is 0. The van der Waals surface area contributed by atoms with Gasteiger partial charge in [0.2, 0.25) is 11.8 Å². The number of hydrogen-bond acceptors (Lipinski definition) is 5. The fourth-order valence-electron chi connectivity index (χ4n) is 1.06. The maximum Gasteiger partial charge on any atom is 0.233 e. The van der Waals surface area contributed by atoms with Crippen molar-refractivity contribution in [3.8, 4) is 0 Å². The van der Waals surface area contributed by atoms with Crippen LogP contribution in [0.2, 0.25) is 0 Å². The van der Waals surface area contributed by atoms with Crippen molar-refractivity contribution in [1.82, 2.24) is 20.8 Å². The van der Waals surface area contributed by atoms with Crippen LogP contribution in [0.5, 0.6) is 0 Å². The molecule has 6 nitrogen and oxygen atoms in total. The molecule has 1 heterocycles. The molecule has 0 aliphatic carbocycles. The highest BCUT2D eigenvalue weighted by atomic mass is 16.5. The molecule has 0 saturated heterocycles. The lowest BCUT2D eigenvalue weighted by Gasteiger charge is -2.03. The predicted octanol–water partition coefficient (Wildman–Crippen LogP) is -0.272. The van der Waals surface area contributed by atoms with Gasteiger partial charge < -0.3 is 15.2 Å². The third-order valence-corrected chi connectivity index (χ3v) is 1.78. The Morgan fingerprint density at radius 1 is 1.53 bits per heavy atom. The Labute approximate surface area is 88.4 Å². The number of nitrogens with one attached hydrogen (secondary N) is 2. The van der Waals surface area contributed by atoms with E-state index in [1.807, 2.05) is 0 Å². The van der Waals surface area contributed by atoms with Crippen LogP contribution in [-0.2, 0) is 11.2 Å². The maximum atomic E-state index is 11.2. The summed E-state index contributed by atoms with van der Waals surface area (Å²) in [5.74, 6) is 0.528. The molecule has 1 amide bonds. The number of amides is 1. The molecule has 0 aromatic carbocycles. The van der Waals surface area contributed by atoms with Gasteiger partial charge in [0.25, 0.3) is 0 Å². The molecule has 0 bridgehead atoms. The first-order valence-electron chi connectivity index (χ1n) is 5.06. The van der Waals surface area contributed by atoms with Gasteiger partial charge in [0.1, 0.15) is 0 Å². The summed E-state index contributed by atoms with van der Waals surface area (Å²) in [4.78, 5) is 15.0. The van der Waals surface area contributed by atoms with E-state index in [0.29, 0.717) is 25.4 Å². The molecular weight excluding hydrogens is 196 g/mol. The second-order valence-corrected chi connectivity index (χ2v) is 3.11. The molecule has 0 unspecified atom stereocenters. The summed E-state index contributed by atoms with van der Waals surface area (Å²) in [6.45, 7) is 3.80. The second kappa shape index (κ2) is 6.94. The Morgan fingerprint density at radius 3 is 3.07 bits per heavy atom. The summed E-state index contributed by atoms with van der Waals surface area (Å²) >= 11 is 0. The van der Waals surface area contributed by atoms with Gasteiger partial charge >= 0.3 is 0 Å². The monoisotopic (exact) mass is 212 g/mol. The van der Waals surface area contributed by atoms with Gasteiger partial charge in [-0.1, -0.05) is 12.1 Å². The van der Waals surface area contributed by atoms with Crippen molar-refractivity contribution in [2.45, 2.75) is 19.8 Å². The quantitative estimate of drug-likeness (QED) is 0.608. The van der Waals surface area contributed by atoms with Gasteiger partial charge in [-0.25, -0.2) is 0 Å². The molecule has 2 N–H and O–H groups in total. The molecule has 84 valence electrons. The summed E-state index contributed by atoms with van der Waals surface area (Å²) in [6, 6.07) is 0. The van der Waals surface area contributed by atoms with Crippen LogP contribution in [0.1, 0.15) is 19.2 Å². The first-order chi connectivity index (χ1) is 7.33. The van der Waals surface area contributed by atoms with E-state index < -0.39 is 0 Å². The SMILES string of the molecule is CCCNCC(=O)NCCc1ncno1. The van der Waals surface area contributed by atoms with Crippen molar-refractivity contribution in [1.29, 1.82) is 0 Å². The molecule has 1 rings (SSSR count). The lowest BCUT2D eigenvalue weighted by atomic mass is 10.4. The van der Waals surface area contributed by atoms with E-state index in [9.17, 15) is 4.79 Å². The van der Waals surface area contributed by atoms with E-state index in [2.05, 4.69) is 27.7 Å². The van der Waals surface area contributed by atoms with E-state index >= 15 is 0 Å². The van der Waals surface area contributed by atoms with Gasteiger partial charge in [-0.2, -0.15) is 4.98 Å². The highest BCUT2D eigenvalue weighted by molar-refractivity contribution is 5.77. The smallest absolute Gasteiger partial charge is 0.233 e. The molecule has 0 fully saturated rings.